The summed E-state index contributed by atoms with van der Waals surface area (Å²) in [6.07, 6.45) is 0.0431. The van der Waals surface area contributed by atoms with Crippen LogP contribution in [-0.2, 0) is 4.74 Å². The molecule has 1 saturated heterocycles. The molecule has 0 aliphatic carbocycles. The Morgan fingerprint density at radius 2 is 2.18 bits per heavy atom. The molecule has 66 valence electrons. The second-order valence-electron chi connectivity index (χ2n) is 3.12. The van der Waals surface area contributed by atoms with Gasteiger partial charge in [-0.25, -0.2) is 0 Å². The van der Waals surface area contributed by atoms with Crippen LogP contribution in [0.25, 0.3) is 0 Å². The highest BCUT2D eigenvalue weighted by Gasteiger charge is 2.42. The number of aliphatic hydroxyl groups is 3. The summed E-state index contributed by atoms with van der Waals surface area (Å²) in [7, 11) is 0. The molecule has 0 bridgehead atoms. The van der Waals surface area contributed by atoms with Crippen molar-refractivity contribution in [3.63, 3.8) is 0 Å². The Bertz CT molecular complexity index is 138. The van der Waals surface area contributed by atoms with Crippen molar-refractivity contribution >= 4 is 0 Å². The minimum Gasteiger partial charge on any atom is -0.394 e. The second kappa shape index (κ2) is 3.06. The van der Waals surface area contributed by atoms with Gasteiger partial charge in [-0.2, -0.15) is 0 Å². The van der Waals surface area contributed by atoms with Gasteiger partial charge in [-0.3, -0.25) is 0 Å². The first-order valence-electron chi connectivity index (χ1n) is 3.73. The van der Waals surface area contributed by atoms with E-state index in [1.807, 2.05) is 6.92 Å². The molecule has 11 heavy (non-hydrogen) atoms. The fourth-order valence-corrected chi connectivity index (χ4v) is 1.40. The predicted molar refractivity (Wildman–Crippen MR) is 37.8 cm³/mol. The van der Waals surface area contributed by atoms with Gasteiger partial charge in [-0.15, -0.1) is 0 Å². The summed E-state index contributed by atoms with van der Waals surface area (Å²) in [5.74, 6) is -1.33. The van der Waals surface area contributed by atoms with E-state index in [1.165, 1.54) is 0 Å². The van der Waals surface area contributed by atoms with Crippen LogP contribution in [-0.4, -0.2) is 40.4 Å². The first-order valence-corrected chi connectivity index (χ1v) is 3.73. The molecule has 1 fully saturated rings. The molecular weight excluding hydrogens is 148 g/mol. The summed E-state index contributed by atoms with van der Waals surface area (Å²) in [5.41, 5.74) is 0. The van der Waals surface area contributed by atoms with Gasteiger partial charge >= 0.3 is 0 Å². The Kier molecular flexibility index (Phi) is 2.49. The third-order valence-corrected chi connectivity index (χ3v) is 2.07. The van der Waals surface area contributed by atoms with Gasteiger partial charge in [-0.1, -0.05) is 6.92 Å². The number of rotatable bonds is 2. The van der Waals surface area contributed by atoms with E-state index in [2.05, 4.69) is 0 Å². The first kappa shape index (κ1) is 8.93. The Morgan fingerprint density at radius 1 is 1.55 bits per heavy atom. The number of aliphatic hydroxyl groups excluding tert-OH is 2. The monoisotopic (exact) mass is 162 g/mol. The van der Waals surface area contributed by atoms with Crippen LogP contribution < -0.4 is 0 Å². The Labute approximate surface area is 65.4 Å². The molecule has 0 spiro atoms. The van der Waals surface area contributed by atoms with Gasteiger partial charge in [-0.05, 0) is 5.92 Å². The zero-order valence-electron chi connectivity index (χ0n) is 6.53. The van der Waals surface area contributed by atoms with Crippen LogP contribution in [0.5, 0.6) is 0 Å². The van der Waals surface area contributed by atoms with E-state index < -0.39 is 12.4 Å². The minimum absolute atomic E-state index is 0.0946. The number of hydrogen-bond donors (Lipinski definition) is 3. The topological polar surface area (TPSA) is 69.9 Å². The van der Waals surface area contributed by atoms with Crippen molar-refractivity contribution in [1.82, 2.24) is 0 Å². The van der Waals surface area contributed by atoms with Crippen molar-refractivity contribution < 1.29 is 20.1 Å². The normalized spacial score (nSPS) is 44.7. The Morgan fingerprint density at radius 3 is 2.45 bits per heavy atom. The zero-order valence-corrected chi connectivity index (χ0v) is 6.53. The molecule has 4 nitrogen and oxygen atoms in total. The molecule has 3 unspecified atom stereocenters. The maximum absolute atomic E-state index is 9.39. The van der Waals surface area contributed by atoms with Crippen LogP contribution in [0, 0.1) is 5.92 Å². The maximum Gasteiger partial charge on any atom is 0.189 e. The second-order valence-corrected chi connectivity index (χ2v) is 3.12. The molecule has 1 aliphatic rings. The summed E-state index contributed by atoms with van der Waals surface area (Å²) in [5, 5.41) is 26.8. The van der Waals surface area contributed by atoms with E-state index in [9.17, 15) is 5.11 Å². The van der Waals surface area contributed by atoms with Crippen molar-refractivity contribution in [3.8, 4) is 0 Å². The molecule has 0 aromatic rings. The summed E-state index contributed by atoms with van der Waals surface area (Å²) < 4.78 is 5.02. The molecule has 0 radical (unpaired) electrons. The van der Waals surface area contributed by atoms with Crippen LogP contribution >= 0.6 is 0 Å². The quantitative estimate of drug-likeness (QED) is 0.491. The fraction of sp³-hybridized carbons (Fsp3) is 1.00. The minimum atomic E-state index is -1.42. The van der Waals surface area contributed by atoms with Gasteiger partial charge in [0.05, 0.1) is 19.3 Å². The van der Waals surface area contributed by atoms with Gasteiger partial charge in [0.1, 0.15) is 0 Å². The van der Waals surface area contributed by atoms with E-state index in [0.717, 1.165) is 0 Å². The van der Waals surface area contributed by atoms with Crippen LogP contribution in [0.3, 0.4) is 0 Å². The number of hydrogen-bond acceptors (Lipinski definition) is 4. The van der Waals surface area contributed by atoms with Crippen LogP contribution in [0.2, 0.25) is 0 Å². The molecule has 3 N–H and O–H groups in total. The predicted octanol–water partition coefficient (Wildman–Crippen LogP) is -0.915. The molecule has 1 rings (SSSR count). The SMILES string of the molecule is CC1CC(O)(CO)OC1CO. The highest BCUT2D eigenvalue weighted by atomic mass is 16.7. The molecule has 4 heteroatoms. The highest BCUT2D eigenvalue weighted by molar-refractivity contribution is 4.83. The summed E-state index contributed by atoms with van der Waals surface area (Å²) >= 11 is 0. The molecule has 0 aromatic heterocycles. The van der Waals surface area contributed by atoms with Gasteiger partial charge in [0.25, 0.3) is 0 Å². The average Bonchev–Trinajstić information content (AvgIpc) is 2.27. The molecule has 1 heterocycles. The van der Waals surface area contributed by atoms with Gasteiger partial charge in [0, 0.05) is 6.42 Å². The van der Waals surface area contributed by atoms with Gasteiger partial charge in [0.2, 0.25) is 0 Å². The Balaban J connectivity index is 2.55. The van der Waals surface area contributed by atoms with Crippen LogP contribution in [0.1, 0.15) is 13.3 Å². The lowest BCUT2D eigenvalue weighted by molar-refractivity contribution is -0.217. The van der Waals surface area contributed by atoms with Crippen LogP contribution in [0.15, 0.2) is 0 Å². The maximum atomic E-state index is 9.39. The lowest BCUT2D eigenvalue weighted by Crippen LogP contribution is -2.33. The molecule has 1 aliphatic heterocycles. The van der Waals surface area contributed by atoms with E-state index in [1.54, 1.807) is 0 Å². The molecule has 0 aromatic carbocycles. The van der Waals surface area contributed by atoms with E-state index in [0.29, 0.717) is 6.42 Å². The number of ether oxygens (including phenoxy) is 1. The van der Waals surface area contributed by atoms with Crippen molar-refractivity contribution in [2.45, 2.75) is 25.2 Å². The smallest absolute Gasteiger partial charge is 0.189 e. The van der Waals surface area contributed by atoms with Gasteiger partial charge < -0.3 is 20.1 Å². The summed E-state index contributed by atoms with van der Waals surface area (Å²) in [6, 6.07) is 0. The van der Waals surface area contributed by atoms with E-state index >= 15 is 0 Å². The van der Waals surface area contributed by atoms with Crippen LogP contribution in [0.4, 0.5) is 0 Å². The summed E-state index contributed by atoms with van der Waals surface area (Å²) in [4.78, 5) is 0. The third-order valence-electron chi connectivity index (χ3n) is 2.07. The zero-order chi connectivity index (χ0) is 8.48. The van der Waals surface area contributed by atoms with Crippen molar-refractivity contribution in [2.75, 3.05) is 13.2 Å². The largest absolute Gasteiger partial charge is 0.394 e. The fourth-order valence-electron chi connectivity index (χ4n) is 1.40. The standard InChI is InChI=1S/C7H14O4/c1-5-2-7(10,4-9)11-6(5)3-8/h5-6,8-10H,2-4H2,1H3. The lowest BCUT2D eigenvalue weighted by atomic mass is 10.0. The molecular formula is C7H14O4. The van der Waals surface area contributed by atoms with E-state index in [-0.39, 0.29) is 18.6 Å². The highest BCUT2D eigenvalue weighted by Crippen LogP contribution is 2.32. The van der Waals surface area contributed by atoms with Gasteiger partial charge in [0.15, 0.2) is 5.79 Å². The average molecular weight is 162 g/mol. The van der Waals surface area contributed by atoms with Crippen molar-refractivity contribution in [2.24, 2.45) is 5.92 Å². The van der Waals surface area contributed by atoms with Crippen molar-refractivity contribution in [1.29, 1.82) is 0 Å². The molecule has 0 saturated carbocycles. The third kappa shape index (κ3) is 1.70. The first-order chi connectivity index (χ1) is 5.11. The Hall–Kier alpha value is -0.160. The van der Waals surface area contributed by atoms with Crippen molar-refractivity contribution in [3.05, 3.63) is 0 Å². The lowest BCUT2D eigenvalue weighted by Gasteiger charge is -2.19. The van der Waals surface area contributed by atoms with E-state index in [4.69, 9.17) is 14.9 Å². The molecule has 0 amide bonds. The molecule has 3 atom stereocenters. The summed E-state index contributed by atoms with van der Waals surface area (Å²) in [6.45, 7) is 1.35.